The second kappa shape index (κ2) is 6.15. The van der Waals surface area contributed by atoms with Gasteiger partial charge in [-0.25, -0.2) is 8.42 Å². The van der Waals surface area contributed by atoms with Gasteiger partial charge in [0.2, 0.25) is 15.0 Å². The molecule has 0 unspecified atom stereocenters. The lowest BCUT2D eigenvalue weighted by atomic mass is 10.2. The fourth-order valence-corrected chi connectivity index (χ4v) is 3.30. The summed E-state index contributed by atoms with van der Waals surface area (Å²) in [7, 11) is -3.32. The second-order valence-electron chi connectivity index (χ2n) is 3.65. The molecule has 0 radical (unpaired) electrons. The number of nitrogens with zero attached hydrogens (tertiary/aromatic N) is 2. The van der Waals surface area contributed by atoms with Crippen molar-refractivity contribution >= 4 is 26.5 Å². The van der Waals surface area contributed by atoms with Gasteiger partial charge in [0, 0.05) is 11.5 Å². The van der Waals surface area contributed by atoms with Crippen molar-refractivity contribution in [3.63, 3.8) is 0 Å². The molecule has 92 valence electrons. The molecule has 1 heterocycles. The quantitative estimate of drug-likeness (QED) is 0.759. The molecular formula is C9H17N3O2S2. The molecule has 0 bridgehead atoms. The molecule has 0 saturated carbocycles. The number of rotatable bonds is 7. The van der Waals surface area contributed by atoms with Crippen LogP contribution in [-0.2, 0) is 9.84 Å². The van der Waals surface area contributed by atoms with Crippen molar-refractivity contribution in [2.75, 3.05) is 11.5 Å². The lowest BCUT2D eigenvalue weighted by Gasteiger charge is -2.00. The zero-order valence-electron chi connectivity index (χ0n) is 9.35. The van der Waals surface area contributed by atoms with Crippen LogP contribution in [0.5, 0.6) is 0 Å². The molecular weight excluding hydrogens is 246 g/mol. The Balaban J connectivity index is 2.41. The first-order chi connectivity index (χ1) is 7.56. The third-order valence-corrected chi connectivity index (χ3v) is 4.44. The van der Waals surface area contributed by atoms with E-state index in [9.17, 15) is 8.42 Å². The normalized spacial score (nSPS) is 11.8. The molecule has 0 aliphatic rings. The molecule has 0 atom stereocenters. The lowest BCUT2D eigenvalue weighted by molar-refractivity contribution is 0.580. The van der Waals surface area contributed by atoms with Gasteiger partial charge in [-0.05, 0) is 6.42 Å². The van der Waals surface area contributed by atoms with Crippen LogP contribution in [-0.4, -0.2) is 23.5 Å². The van der Waals surface area contributed by atoms with E-state index in [2.05, 4.69) is 16.3 Å². The van der Waals surface area contributed by atoms with Gasteiger partial charge in [-0.15, -0.1) is 0 Å². The highest BCUT2D eigenvalue weighted by molar-refractivity contribution is 7.91. The Hall–Kier alpha value is -0.690. The van der Waals surface area contributed by atoms with E-state index >= 15 is 0 Å². The van der Waals surface area contributed by atoms with E-state index in [-0.39, 0.29) is 16.0 Å². The molecule has 1 aromatic rings. The van der Waals surface area contributed by atoms with Gasteiger partial charge < -0.3 is 5.73 Å². The van der Waals surface area contributed by atoms with Crippen LogP contribution in [0.4, 0.5) is 5.13 Å². The van der Waals surface area contributed by atoms with E-state index < -0.39 is 9.84 Å². The Kier molecular flexibility index (Phi) is 5.14. The fourth-order valence-electron chi connectivity index (χ4n) is 1.33. The summed E-state index contributed by atoms with van der Waals surface area (Å²) in [5, 5.41) is 0.0787. The molecule has 5 nitrogen and oxygen atoms in total. The van der Waals surface area contributed by atoms with Gasteiger partial charge in [0.1, 0.15) is 0 Å². The summed E-state index contributed by atoms with van der Waals surface area (Å²) in [5.74, 6) is 0.118. The Labute approximate surface area is 100 Å². The van der Waals surface area contributed by atoms with Crippen molar-refractivity contribution in [3.8, 4) is 0 Å². The average molecular weight is 263 g/mol. The van der Waals surface area contributed by atoms with Crippen LogP contribution >= 0.6 is 11.5 Å². The number of unbranched alkanes of at least 4 members (excludes halogenated alkanes) is 4. The average Bonchev–Trinajstić information content (AvgIpc) is 2.65. The monoisotopic (exact) mass is 263 g/mol. The summed E-state index contributed by atoms with van der Waals surface area (Å²) in [4.78, 5) is 3.69. The van der Waals surface area contributed by atoms with Crippen LogP contribution < -0.4 is 5.73 Å². The molecule has 7 heteroatoms. The standard InChI is InChI=1S/C9H17N3O2S2/c1-2-3-4-5-6-7-16(13,14)9-11-8(10)15-12-9/h2-7H2,1H3,(H2,10,11,12). The van der Waals surface area contributed by atoms with Gasteiger partial charge in [0.25, 0.3) is 5.16 Å². The number of nitrogen functional groups attached to an aromatic ring is 1. The van der Waals surface area contributed by atoms with E-state index in [1.807, 2.05) is 0 Å². The second-order valence-corrected chi connectivity index (χ2v) is 6.43. The third-order valence-electron chi connectivity index (χ3n) is 2.22. The Morgan fingerprint density at radius 1 is 1.25 bits per heavy atom. The third kappa shape index (κ3) is 4.05. The van der Waals surface area contributed by atoms with E-state index in [0.717, 1.165) is 37.2 Å². The zero-order valence-corrected chi connectivity index (χ0v) is 11.0. The van der Waals surface area contributed by atoms with Crippen LogP contribution in [0.3, 0.4) is 0 Å². The predicted molar refractivity (Wildman–Crippen MR) is 65.1 cm³/mol. The van der Waals surface area contributed by atoms with Crippen molar-refractivity contribution in [2.45, 2.75) is 44.2 Å². The molecule has 1 aromatic heterocycles. The molecule has 2 N–H and O–H groups in total. The zero-order chi connectivity index (χ0) is 12.0. The van der Waals surface area contributed by atoms with Crippen molar-refractivity contribution in [2.24, 2.45) is 0 Å². The molecule has 0 fully saturated rings. The van der Waals surface area contributed by atoms with E-state index in [4.69, 9.17) is 5.73 Å². The van der Waals surface area contributed by atoms with Gasteiger partial charge in [0.15, 0.2) is 0 Å². The molecule has 0 aliphatic heterocycles. The summed E-state index contributed by atoms with van der Waals surface area (Å²) in [6.07, 6.45) is 4.99. The van der Waals surface area contributed by atoms with Crippen LogP contribution in [0, 0.1) is 0 Å². The Bertz CT molecular complexity index is 414. The molecule has 16 heavy (non-hydrogen) atoms. The molecule has 0 spiro atoms. The fraction of sp³-hybridized carbons (Fsp3) is 0.778. The summed E-state index contributed by atoms with van der Waals surface area (Å²) < 4.78 is 27.1. The number of hydrogen-bond donors (Lipinski definition) is 1. The first-order valence-electron chi connectivity index (χ1n) is 5.38. The largest absolute Gasteiger partial charge is 0.374 e. The lowest BCUT2D eigenvalue weighted by Crippen LogP contribution is -2.08. The summed E-state index contributed by atoms with van der Waals surface area (Å²) >= 11 is 0.916. The topological polar surface area (TPSA) is 85.9 Å². The van der Waals surface area contributed by atoms with Crippen molar-refractivity contribution in [1.29, 1.82) is 0 Å². The Morgan fingerprint density at radius 3 is 2.50 bits per heavy atom. The maximum absolute atomic E-state index is 11.7. The molecule has 0 aliphatic carbocycles. The van der Waals surface area contributed by atoms with Crippen molar-refractivity contribution in [1.82, 2.24) is 9.36 Å². The van der Waals surface area contributed by atoms with Crippen molar-refractivity contribution < 1.29 is 8.42 Å². The number of nitrogens with two attached hydrogens (primary N) is 1. The number of sulfone groups is 1. The van der Waals surface area contributed by atoms with Gasteiger partial charge in [-0.1, -0.05) is 32.6 Å². The minimum atomic E-state index is -3.32. The number of aromatic nitrogens is 2. The van der Waals surface area contributed by atoms with E-state index in [1.54, 1.807) is 0 Å². The highest BCUT2D eigenvalue weighted by Gasteiger charge is 2.19. The van der Waals surface area contributed by atoms with Gasteiger partial charge in [-0.3, -0.25) is 0 Å². The van der Waals surface area contributed by atoms with Crippen LogP contribution in [0.2, 0.25) is 0 Å². The highest BCUT2D eigenvalue weighted by Crippen LogP contribution is 2.14. The summed E-state index contributed by atoms with van der Waals surface area (Å²) in [6, 6.07) is 0. The molecule has 0 amide bonds. The van der Waals surface area contributed by atoms with Crippen LogP contribution in [0.1, 0.15) is 39.0 Å². The van der Waals surface area contributed by atoms with Gasteiger partial charge in [0.05, 0.1) is 5.75 Å². The Morgan fingerprint density at radius 2 is 1.94 bits per heavy atom. The molecule has 1 rings (SSSR count). The summed E-state index contributed by atoms with van der Waals surface area (Å²) in [6.45, 7) is 2.12. The van der Waals surface area contributed by atoms with E-state index in [1.165, 1.54) is 0 Å². The van der Waals surface area contributed by atoms with Gasteiger partial charge >= 0.3 is 0 Å². The van der Waals surface area contributed by atoms with E-state index in [0.29, 0.717) is 6.42 Å². The first kappa shape index (κ1) is 13.4. The molecule has 0 saturated heterocycles. The summed E-state index contributed by atoms with van der Waals surface area (Å²) in [5.41, 5.74) is 5.35. The maximum atomic E-state index is 11.7. The smallest absolute Gasteiger partial charge is 0.260 e. The first-order valence-corrected chi connectivity index (χ1v) is 7.81. The van der Waals surface area contributed by atoms with Crippen LogP contribution in [0.15, 0.2) is 5.16 Å². The molecule has 0 aromatic carbocycles. The van der Waals surface area contributed by atoms with Gasteiger partial charge in [-0.2, -0.15) is 9.36 Å². The minimum Gasteiger partial charge on any atom is -0.374 e. The minimum absolute atomic E-state index is 0.118. The SMILES string of the molecule is CCCCCCCS(=O)(=O)c1nsc(N)n1. The number of hydrogen-bond acceptors (Lipinski definition) is 6. The highest BCUT2D eigenvalue weighted by atomic mass is 32.2. The predicted octanol–water partition coefficient (Wildman–Crippen LogP) is 1.86. The number of anilines is 1. The maximum Gasteiger partial charge on any atom is 0.260 e. The van der Waals surface area contributed by atoms with Crippen LogP contribution in [0.25, 0.3) is 0 Å². The van der Waals surface area contributed by atoms with Crippen molar-refractivity contribution in [3.05, 3.63) is 0 Å².